The van der Waals surface area contributed by atoms with Crippen LogP contribution in [0.3, 0.4) is 0 Å². The molecule has 138 valence electrons. The van der Waals surface area contributed by atoms with Gasteiger partial charge in [-0.25, -0.2) is 13.2 Å². The van der Waals surface area contributed by atoms with E-state index in [0.29, 0.717) is 18.2 Å². The Morgan fingerprint density at radius 1 is 1.12 bits per heavy atom. The molecule has 0 radical (unpaired) electrons. The number of hydrogen-bond donors (Lipinski definition) is 3. The van der Waals surface area contributed by atoms with Crippen LogP contribution in [0.15, 0.2) is 54.6 Å². The maximum Gasteiger partial charge on any atom is 0.315 e. The van der Waals surface area contributed by atoms with Crippen LogP contribution < -0.4 is 15.4 Å². The van der Waals surface area contributed by atoms with E-state index in [1.54, 1.807) is 18.2 Å². The maximum absolute atomic E-state index is 12.3. The van der Waals surface area contributed by atoms with E-state index in [2.05, 4.69) is 15.4 Å². The van der Waals surface area contributed by atoms with Gasteiger partial charge in [0.2, 0.25) is 10.0 Å². The van der Waals surface area contributed by atoms with Crippen molar-refractivity contribution in [2.24, 2.45) is 5.92 Å². The van der Waals surface area contributed by atoms with E-state index in [-0.39, 0.29) is 12.1 Å². The molecule has 0 aliphatic heterocycles. The van der Waals surface area contributed by atoms with Crippen LogP contribution in [0.2, 0.25) is 0 Å². The predicted octanol–water partition coefficient (Wildman–Crippen LogP) is 3.01. The highest BCUT2D eigenvalue weighted by atomic mass is 32.2. The molecule has 1 aliphatic rings. The first kappa shape index (κ1) is 18.3. The molecule has 2 aromatic carbocycles. The number of amides is 2. The molecule has 0 saturated heterocycles. The number of sulfonamides is 1. The molecule has 6 nitrogen and oxygen atoms in total. The molecule has 3 rings (SSSR count). The van der Waals surface area contributed by atoms with Crippen molar-refractivity contribution in [1.29, 1.82) is 0 Å². The van der Waals surface area contributed by atoms with E-state index in [9.17, 15) is 13.2 Å². The smallest absolute Gasteiger partial charge is 0.315 e. The van der Waals surface area contributed by atoms with Crippen molar-refractivity contribution in [1.82, 2.24) is 10.6 Å². The highest BCUT2D eigenvalue weighted by Crippen LogP contribution is 2.40. The summed E-state index contributed by atoms with van der Waals surface area (Å²) in [6.07, 6.45) is 3.35. The molecule has 2 aromatic rings. The first-order valence-corrected chi connectivity index (χ1v) is 10.5. The molecular formula is C19H23N3O3S. The predicted molar refractivity (Wildman–Crippen MR) is 102 cm³/mol. The van der Waals surface area contributed by atoms with Gasteiger partial charge in [-0.15, -0.1) is 0 Å². The zero-order valence-electron chi connectivity index (χ0n) is 14.6. The van der Waals surface area contributed by atoms with Crippen LogP contribution in [0.5, 0.6) is 0 Å². The number of rotatable bonds is 7. The lowest BCUT2D eigenvalue weighted by Crippen LogP contribution is -2.38. The lowest BCUT2D eigenvalue weighted by atomic mass is 10.0. The van der Waals surface area contributed by atoms with Gasteiger partial charge in [0.25, 0.3) is 0 Å². The number of nitrogens with one attached hydrogen (secondary N) is 3. The summed E-state index contributed by atoms with van der Waals surface area (Å²) in [7, 11) is -3.32. The molecule has 1 unspecified atom stereocenters. The van der Waals surface area contributed by atoms with Crippen LogP contribution in [0.4, 0.5) is 10.5 Å². The van der Waals surface area contributed by atoms with Gasteiger partial charge in [0.05, 0.1) is 12.3 Å². The Morgan fingerprint density at radius 2 is 1.85 bits per heavy atom. The number of urea groups is 1. The molecule has 1 atom stereocenters. The van der Waals surface area contributed by atoms with Crippen molar-refractivity contribution in [2.45, 2.75) is 25.4 Å². The lowest BCUT2D eigenvalue weighted by molar-refractivity contribution is 0.235. The molecule has 7 heteroatoms. The molecule has 0 heterocycles. The fourth-order valence-electron chi connectivity index (χ4n) is 2.90. The Balaban J connectivity index is 1.58. The minimum absolute atomic E-state index is 0.0226. The van der Waals surface area contributed by atoms with Gasteiger partial charge in [0.15, 0.2) is 0 Å². The molecular weight excluding hydrogens is 350 g/mol. The van der Waals surface area contributed by atoms with E-state index in [1.165, 1.54) is 0 Å². The quantitative estimate of drug-likeness (QED) is 0.697. The fourth-order valence-corrected chi connectivity index (χ4v) is 3.45. The molecule has 1 aliphatic carbocycles. The van der Waals surface area contributed by atoms with Crippen molar-refractivity contribution in [3.05, 3.63) is 65.7 Å². The van der Waals surface area contributed by atoms with Crippen LogP contribution in [-0.4, -0.2) is 20.7 Å². The normalized spacial score (nSPS) is 15.1. The molecule has 1 fully saturated rings. The second kappa shape index (κ2) is 7.78. The Morgan fingerprint density at radius 3 is 2.50 bits per heavy atom. The van der Waals surface area contributed by atoms with E-state index < -0.39 is 10.0 Å². The maximum atomic E-state index is 12.3. The zero-order valence-corrected chi connectivity index (χ0v) is 15.4. The number of anilines is 1. The summed E-state index contributed by atoms with van der Waals surface area (Å²) in [6, 6.07) is 16.7. The summed E-state index contributed by atoms with van der Waals surface area (Å²) >= 11 is 0. The van der Waals surface area contributed by atoms with Crippen molar-refractivity contribution in [3.63, 3.8) is 0 Å². The van der Waals surface area contributed by atoms with Crippen LogP contribution >= 0.6 is 0 Å². The van der Waals surface area contributed by atoms with Crippen LogP contribution in [0.25, 0.3) is 0 Å². The van der Waals surface area contributed by atoms with Gasteiger partial charge < -0.3 is 10.6 Å². The monoisotopic (exact) mass is 373 g/mol. The van der Waals surface area contributed by atoms with Gasteiger partial charge in [0, 0.05) is 12.2 Å². The number of benzene rings is 2. The summed E-state index contributed by atoms with van der Waals surface area (Å²) in [5, 5.41) is 5.90. The summed E-state index contributed by atoms with van der Waals surface area (Å²) < 4.78 is 25.1. The number of hydrogen-bond acceptors (Lipinski definition) is 3. The zero-order chi connectivity index (χ0) is 18.6. The van der Waals surface area contributed by atoms with Gasteiger partial charge in [-0.1, -0.05) is 42.5 Å². The first-order valence-electron chi connectivity index (χ1n) is 8.57. The Hall–Kier alpha value is -2.54. The number of carbonyl (C=O) groups excluding carboxylic acids is 1. The molecule has 0 spiro atoms. The van der Waals surface area contributed by atoms with Crippen molar-refractivity contribution >= 4 is 21.7 Å². The first-order chi connectivity index (χ1) is 12.4. The lowest BCUT2D eigenvalue weighted by Gasteiger charge is -2.19. The average Bonchev–Trinajstić information content (AvgIpc) is 3.42. The Bertz CT molecular complexity index is 865. The van der Waals surface area contributed by atoms with Crippen molar-refractivity contribution in [3.8, 4) is 0 Å². The SMILES string of the molecule is CS(=O)(=O)Nc1cccc(CNC(=O)NC(c2ccccc2)C2CC2)c1. The van der Waals surface area contributed by atoms with Crippen molar-refractivity contribution < 1.29 is 13.2 Å². The third-order valence-corrected chi connectivity index (χ3v) is 4.83. The molecule has 0 bridgehead atoms. The van der Waals surface area contributed by atoms with Gasteiger partial charge in [0.1, 0.15) is 0 Å². The molecule has 26 heavy (non-hydrogen) atoms. The summed E-state index contributed by atoms with van der Waals surface area (Å²) in [5.74, 6) is 0.491. The Kier molecular flexibility index (Phi) is 5.46. The summed E-state index contributed by atoms with van der Waals surface area (Å²) in [5.41, 5.74) is 2.41. The summed E-state index contributed by atoms with van der Waals surface area (Å²) in [6.45, 7) is 0.317. The minimum atomic E-state index is -3.32. The van der Waals surface area contributed by atoms with Crippen LogP contribution in [0, 0.1) is 5.92 Å². The van der Waals surface area contributed by atoms with Crippen molar-refractivity contribution in [2.75, 3.05) is 11.0 Å². The standard InChI is InChI=1S/C19H23N3O3S/c1-26(24,25)22-17-9-5-6-14(12-17)13-20-19(23)21-18(16-10-11-16)15-7-3-2-4-8-15/h2-9,12,16,18,22H,10-11,13H2,1H3,(H2,20,21,23). The molecule has 1 saturated carbocycles. The van der Waals surface area contributed by atoms with Crippen LogP contribution in [0.1, 0.15) is 30.0 Å². The van der Waals surface area contributed by atoms with E-state index >= 15 is 0 Å². The average molecular weight is 373 g/mol. The highest BCUT2D eigenvalue weighted by molar-refractivity contribution is 7.92. The second-order valence-electron chi connectivity index (χ2n) is 6.63. The number of carbonyl (C=O) groups is 1. The second-order valence-corrected chi connectivity index (χ2v) is 8.38. The molecule has 0 aromatic heterocycles. The van der Waals surface area contributed by atoms with E-state index in [0.717, 1.165) is 30.2 Å². The third kappa shape index (κ3) is 5.49. The Labute approximate surface area is 154 Å². The molecule has 2 amide bonds. The fraction of sp³-hybridized carbons (Fsp3) is 0.316. The molecule has 3 N–H and O–H groups in total. The van der Waals surface area contributed by atoms with Gasteiger partial charge in [-0.05, 0) is 42.0 Å². The van der Waals surface area contributed by atoms with E-state index in [4.69, 9.17) is 0 Å². The van der Waals surface area contributed by atoms with Gasteiger partial charge in [-0.2, -0.15) is 0 Å². The minimum Gasteiger partial charge on any atom is -0.334 e. The van der Waals surface area contributed by atoms with Gasteiger partial charge >= 0.3 is 6.03 Å². The summed E-state index contributed by atoms with van der Waals surface area (Å²) in [4.78, 5) is 12.3. The largest absolute Gasteiger partial charge is 0.334 e. The van der Waals surface area contributed by atoms with Gasteiger partial charge in [-0.3, -0.25) is 4.72 Å². The topological polar surface area (TPSA) is 87.3 Å². The third-order valence-electron chi connectivity index (χ3n) is 4.22. The van der Waals surface area contributed by atoms with E-state index in [1.807, 2.05) is 36.4 Å². The van der Waals surface area contributed by atoms with Crippen LogP contribution in [-0.2, 0) is 16.6 Å². The highest BCUT2D eigenvalue weighted by Gasteiger charge is 2.33.